The second-order valence-electron chi connectivity index (χ2n) is 10.1. The number of aliphatic hydroxyl groups is 1. The Hall–Kier alpha value is -2.12. The largest absolute Gasteiger partial charge is 0.393 e. The molecule has 0 radical (unpaired) electrons. The van der Waals surface area contributed by atoms with Gasteiger partial charge in [-0.25, -0.2) is 0 Å². The number of morpholine rings is 1. The summed E-state index contributed by atoms with van der Waals surface area (Å²) >= 11 is 13.4. The Labute approximate surface area is 222 Å². The maximum Gasteiger partial charge on any atom is 0.254 e. The van der Waals surface area contributed by atoms with Crippen LogP contribution in [0.4, 0.5) is 0 Å². The van der Waals surface area contributed by atoms with Crippen molar-refractivity contribution in [2.75, 3.05) is 32.8 Å². The van der Waals surface area contributed by atoms with Gasteiger partial charge >= 0.3 is 0 Å². The van der Waals surface area contributed by atoms with Gasteiger partial charge in [-0.15, -0.1) is 0 Å². The number of aliphatic hydroxyl groups excluding tert-OH is 1. The van der Waals surface area contributed by atoms with Crippen LogP contribution < -0.4 is 0 Å². The monoisotopic (exact) mass is 530 g/mol. The summed E-state index contributed by atoms with van der Waals surface area (Å²) in [6, 6.07) is 11.5. The van der Waals surface area contributed by atoms with E-state index in [2.05, 4.69) is 0 Å². The molecule has 1 N–H and O–H groups in total. The smallest absolute Gasteiger partial charge is 0.254 e. The van der Waals surface area contributed by atoms with Gasteiger partial charge in [0.15, 0.2) is 0 Å². The minimum absolute atomic E-state index is 0.0101. The highest BCUT2D eigenvalue weighted by molar-refractivity contribution is 6.36. The van der Waals surface area contributed by atoms with E-state index in [1.54, 1.807) is 0 Å². The summed E-state index contributed by atoms with van der Waals surface area (Å²) in [6.45, 7) is 3.12. The number of benzene rings is 2. The van der Waals surface area contributed by atoms with Crippen LogP contribution in [0.5, 0.6) is 0 Å². The third-order valence-electron chi connectivity index (χ3n) is 7.81. The van der Waals surface area contributed by atoms with Crippen LogP contribution in [0.2, 0.25) is 10.0 Å². The fraction of sp³-hybridized carbons (Fsp3) is 0.500. The summed E-state index contributed by atoms with van der Waals surface area (Å²) < 4.78 is 5.33. The lowest BCUT2D eigenvalue weighted by Crippen LogP contribution is -2.41. The molecule has 0 spiro atoms. The first kappa shape index (κ1) is 25.5. The molecular formula is C28H32Cl2N2O4. The van der Waals surface area contributed by atoms with E-state index in [1.165, 1.54) is 0 Å². The van der Waals surface area contributed by atoms with Crippen LogP contribution in [-0.4, -0.2) is 71.7 Å². The Balaban J connectivity index is 1.26. The quantitative estimate of drug-likeness (QED) is 0.601. The van der Waals surface area contributed by atoms with Crippen molar-refractivity contribution in [2.45, 2.75) is 50.7 Å². The minimum atomic E-state index is -0.229. The molecule has 1 saturated carbocycles. The van der Waals surface area contributed by atoms with Crippen LogP contribution >= 0.6 is 23.2 Å². The van der Waals surface area contributed by atoms with Gasteiger partial charge in [-0.1, -0.05) is 35.3 Å². The number of nitrogens with zero attached hydrogens (tertiary/aromatic N) is 2. The van der Waals surface area contributed by atoms with Gasteiger partial charge in [0.1, 0.15) is 0 Å². The highest BCUT2D eigenvalue weighted by Gasteiger charge is 2.37. The van der Waals surface area contributed by atoms with Crippen LogP contribution in [0, 0.1) is 5.92 Å². The molecule has 2 aliphatic heterocycles. The number of ether oxygens (including phenoxy) is 1. The second-order valence-corrected chi connectivity index (χ2v) is 10.9. The Morgan fingerprint density at radius 3 is 2.19 bits per heavy atom. The van der Waals surface area contributed by atoms with Crippen molar-refractivity contribution in [1.29, 1.82) is 0 Å². The van der Waals surface area contributed by atoms with Gasteiger partial charge in [-0.3, -0.25) is 9.59 Å². The topological polar surface area (TPSA) is 70.1 Å². The van der Waals surface area contributed by atoms with E-state index in [1.807, 2.05) is 46.2 Å². The molecule has 8 heteroatoms. The number of halogens is 2. The van der Waals surface area contributed by atoms with E-state index < -0.39 is 0 Å². The standard InChI is InChI=1S/C28H32Cl2N2O4/c29-25-16-21(18-1-3-19(4-2-18)27(34)31-11-13-36-14-12-31)17-26(30)24(25)15-20-9-10-32(28(20)35)22-5-7-23(33)8-6-22/h1-4,16-17,20,22-23,33H,5-15H2/t20-,22?,23?/m0/s1. The highest BCUT2D eigenvalue weighted by atomic mass is 35.5. The first-order valence-corrected chi connectivity index (χ1v) is 13.6. The number of hydrogen-bond donors (Lipinski definition) is 1. The summed E-state index contributed by atoms with van der Waals surface area (Å²) in [4.78, 5) is 29.7. The fourth-order valence-electron chi connectivity index (χ4n) is 5.65. The zero-order valence-electron chi connectivity index (χ0n) is 20.3. The van der Waals surface area contributed by atoms with Gasteiger partial charge in [-0.05, 0) is 79.5 Å². The van der Waals surface area contributed by atoms with Gasteiger partial charge in [0.25, 0.3) is 5.91 Å². The van der Waals surface area contributed by atoms with Crippen molar-refractivity contribution < 1.29 is 19.4 Å². The number of likely N-dealkylation sites (tertiary alicyclic amines) is 1. The molecule has 1 atom stereocenters. The molecular weight excluding hydrogens is 499 g/mol. The molecule has 1 aliphatic carbocycles. The van der Waals surface area contributed by atoms with Gasteiger partial charge in [0.05, 0.1) is 19.3 Å². The molecule has 36 heavy (non-hydrogen) atoms. The lowest BCUT2D eigenvalue weighted by Gasteiger charge is -2.33. The summed E-state index contributed by atoms with van der Waals surface area (Å²) in [5.41, 5.74) is 3.25. The molecule has 2 aromatic rings. The average molecular weight is 531 g/mol. The average Bonchev–Trinajstić information content (AvgIpc) is 3.26. The van der Waals surface area contributed by atoms with Crippen molar-refractivity contribution in [3.8, 4) is 11.1 Å². The Morgan fingerprint density at radius 1 is 0.917 bits per heavy atom. The molecule has 5 rings (SSSR count). The third-order valence-corrected chi connectivity index (χ3v) is 8.49. The predicted molar refractivity (Wildman–Crippen MR) is 140 cm³/mol. The maximum absolute atomic E-state index is 13.1. The van der Waals surface area contributed by atoms with Gasteiger partial charge in [0.2, 0.25) is 5.91 Å². The number of rotatable bonds is 5. The van der Waals surface area contributed by atoms with E-state index in [4.69, 9.17) is 27.9 Å². The van der Waals surface area contributed by atoms with Crippen LogP contribution in [0.15, 0.2) is 36.4 Å². The zero-order chi connectivity index (χ0) is 25.2. The normalized spacial score (nSPS) is 24.9. The van der Waals surface area contributed by atoms with Crippen molar-refractivity contribution >= 4 is 35.0 Å². The van der Waals surface area contributed by atoms with Crippen molar-refractivity contribution in [1.82, 2.24) is 9.80 Å². The van der Waals surface area contributed by atoms with Crippen molar-refractivity contribution in [3.05, 3.63) is 57.6 Å². The first-order chi connectivity index (χ1) is 17.4. The van der Waals surface area contributed by atoms with E-state index in [0.29, 0.717) is 48.3 Å². The molecule has 6 nitrogen and oxygen atoms in total. The van der Waals surface area contributed by atoms with Crippen LogP contribution in [0.1, 0.15) is 48.0 Å². The van der Waals surface area contributed by atoms with Crippen LogP contribution in [0.3, 0.4) is 0 Å². The number of carbonyl (C=O) groups excluding carboxylic acids is 2. The molecule has 2 saturated heterocycles. The van der Waals surface area contributed by atoms with Crippen molar-refractivity contribution in [2.24, 2.45) is 5.92 Å². The third kappa shape index (κ3) is 5.42. The lowest BCUT2D eigenvalue weighted by atomic mass is 9.92. The molecule has 2 amide bonds. The van der Waals surface area contributed by atoms with E-state index >= 15 is 0 Å². The van der Waals surface area contributed by atoms with Crippen LogP contribution in [0.25, 0.3) is 11.1 Å². The van der Waals surface area contributed by atoms with Gasteiger partial charge < -0.3 is 19.6 Å². The molecule has 0 unspecified atom stereocenters. The molecule has 3 aliphatic rings. The molecule has 2 heterocycles. The Bertz CT molecular complexity index is 1090. The van der Waals surface area contributed by atoms with E-state index in [9.17, 15) is 14.7 Å². The van der Waals surface area contributed by atoms with E-state index in [-0.39, 0.29) is 29.9 Å². The summed E-state index contributed by atoms with van der Waals surface area (Å²) in [5.74, 6) is 0.0623. The lowest BCUT2D eigenvalue weighted by molar-refractivity contribution is -0.133. The number of hydrogen-bond acceptors (Lipinski definition) is 4. The van der Waals surface area contributed by atoms with Crippen LogP contribution in [-0.2, 0) is 16.0 Å². The highest BCUT2D eigenvalue weighted by Crippen LogP contribution is 2.36. The number of carbonyl (C=O) groups is 2. The summed E-state index contributed by atoms with van der Waals surface area (Å²) in [6.07, 6.45) is 4.36. The minimum Gasteiger partial charge on any atom is -0.393 e. The van der Waals surface area contributed by atoms with E-state index in [0.717, 1.165) is 55.3 Å². The Kier molecular flexibility index (Phi) is 7.87. The molecule has 2 aromatic carbocycles. The molecule has 3 fully saturated rings. The summed E-state index contributed by atoms with van der Waals surface area (Å²) in [5, 5.41) is 10.9. The SMILES string of the molecule is O=C(c1ccc(-c2cc(Cl)c(C[C@@H]3CCN(C4CCC(O)CC4)C3=O)c(Cl)c2)cc1)N1CCOCC1. The predicted octanol–water partition coefficient (Wildman–Crippen LogP) is 4.83. The molecule has 0 bridgehead atoms. The second kappa shape index (κ2) is 11.1. The number of amides is 2. The van der Waals surface area contributed by atoms with Gasteiger partial charge in [0, 0.05) is 47.2 Å². The fourth-order valence-corrected chi connectivity index (χ4v) is 6.29. The molecule has 192 valence electrons. The first-order valence-electron chi connectivity index (χ1n) is 12.8. The Morgan fingerprint density at radius 2 is 1.56 bits per heavy atom. The summed E-state index contributed by atoms with van der Waals surface area (Å²) in [7, 11) is 0. The maximum atomic E-state index is 13.1. The molecule has 0 aromatic heterocycles. The van der Waals surface area contributed by atoms with Crippen molar-refractivity contribution in [3.63, 3.8) is 0 Å². The van der Waals surface area contributed by atoms with Gasteiger partial charge in [-0.2, -0.15) is 0 Å². The zero-order valence-corrected chi connectivity index (χ0v) is 21.8.